The van der Waals surface area contributed by atoms with Crippen LogP contribution in [0.4, 0.5) is 5.69 Å². The van der Waals surface area contributed by atoms with E-state index in [2.05, 4.69) is 5.32 Å². The molecule has 0 saturated carbocycles. The van der Waals surface area contributed by atoms with Gasteiger partial charge in [-0.2, -0.15) is 0 Å². The van der Waals surface area contributed by atoms with E-state index in [1.165, 1.54) is 18.2 Å². The summed E-state index contributed by atoms with van der Waals surface area (Å²) in [7, 11) is 0. The number of aromatic carboxylic acids is 1. The lowest BCUT2D eigenvalue weighted by Gasteiger charge is -2.09. The molecule has 0 heterocycles. The predicted molar refractivity (Wildman–Crippen MR) is 69.9 cm³/mol. The van der Waals surface area contributed by atoms with Gasteiger partial charge in [0.2, 0.25) is 5.91 Å². The average Bonchev–Trinajstić information content (AvgIpc) is 2.26. The van der Waals surface area contributed by atoms with Crippen LogP contribution in [0.2, 0.25) is 5.02 Å². The Morgan fingerprint density at radius 3 is 2.72 bits per heavy atom. The van der Waals surface area contributed by atoms with Crippen LogP contribution in [0.15, 0.2) is 18.2 Å². The third-order valence-corrected chi connectivity index (χ3v) is 2.55. The smallest absolute Gasteiger partial charge is 0.337 e. The molecule has 0 bridgehead atoms. The Balaban J connectivity index is 2.79. The van der Waals surface area contributed by atoms with Crippen molar-refractivity contribution in [2.45, 2.75) is 25.8 Å². The second-order valence-corrected chi connectivity index (χ2v) is 4.50. The number of nitrogens with one attached hydrogen (secondary N) is 1. The molecule has 1 unspecified atom stereocenters. The molecule has 98 valence electrons. The van der Waals surface area contributed by atoms with Crippen molar-refractivity contribution in [3.63, 3.8) is 0 Å². The van der Waals surface area contributed by atoms with Gasteiger partial charge >= 0.3 is 5.97 Å². The van der Waals surface area contributed by atoms with Gasteiger partial charge in [0.15, 0.2) is 0 Å². The van der Waals surface area contributed by atoms with Crippen molar-refractivity contribution in [2.24, 2.45) is 5.73 Å². The fourth-order valence-electron chi connectivity index (χ4n) is 1.38. The maximum Gasteiger partial charge on any atom is 0.337 e. The molecule has 1 atom stereocenters. The number of rotatable bonds is 5. The maximum atomic E-state index is 11.6. The third-order valence-electron chi connectivity index (χ3n) is 2.31. The lowest BCUT2D eigenvalue weighted by molar-refractivity contribution is -0.116. The number of benzene rings is 1. The van der Waals surface area contributed by atoms with E-state index in [9.17, 15) is 9.59 Å². The largest absolute Gasteiger partial charge is 0.478 e. The first-order valence-electron chi connectivity index (χ1n) is 5.48. The van der Waals surface area contributed by atoms with E-state index in [0.717, 1.165) is 0 Å². The normalized spacial score (nSPS) is 11.9. The molecule has 18 heavy (non-hydrogen) atoms. The van der Waals surface area contributed by atoms with Gasteiger partial charge in [-0.1, -0.05) is 11.6 Å². The second-order valence-electron chi connectivity index (χ2n) is 4.06. The fourth-order valence-corrected chi connectivity index (χ4v) is 1.55. The number of anilines is 1. The van der Waals surface area contributed by atoms with Crippen molar-refractivity contribution >= 4 is 29.2 Å². The quantitative estimate of drug-likeness (QED) is 0.764. The summed E-state index contributed by atoms with van der Waals surface area (Å²) >= 11 is 5.77. The Morgan fingerprint density at radius 1 is 1.50 bits per heavy atom. The molecule has 0 saturated heterocycles. The Labute approximate surface area is 110 Å². The number of hydrogen-bond acceptors (Lipinski definition) is 3. The molecule has 1 rings (SSSR count). The number of amides is 1. The molecule has 0 aliphatic rings. The van der Waals surface area contributed by atoms with Crippen molar-refractivity contribution < 1.29 is 14.7 Å². The van der Waals surface area contributed by atoms with Gasteiger partial charge in [-0.3, -0.25) is 4.79 Å². The highest BCUT2D eigenvalue weighted by atomic mass is 35.5. The molecule has 1 aromatic rings. The van der Waals surface area contributed by atoms with Gasteiger partial charge < -0.3 is 16.2 Å². The second kappa shape index (κ2) is 6.37. The number of carboxylic acids is 1. The van der Waals surface area contributed by atoms with Crippen LogP contribution in [0.25, 0.3) is 0 Å². The molecule has 0 radical (unpaired) electrons. The number of hydrogen-bond donors (Lipinski definition) is 3. The number of carbonyl (C=O) groups excluding carboxylic acids is 1. The van der Waals surface area contributed by atoms with Crippen LogP contribution in [-0.4, -0.2) is 23.0 Å². The topological polar surface area (TPSA) is 92.4 Å². The molecular formula is C12H15ClN2O3. The van der Waals surface area contributed by atoms with E-state index in [1.54, 1.807) is 6.92 Å². The number of nitrogens with two attached hydrogens (primary N) is 1. The summed E-state index contributed by atoms with van der Waals surface area (Å²) in [4.78, 5) is 22.6. The Bertz CT molecular complexity index is 461. The van der Waals surface area contributed by atoms with Gasteiger partial charge in [0.05, 0.1) is 11.3 Å². The van der Waals surface area contributed by atoms with Crippen LogP contribution in [0.1, 0.15) is 30.1 Å². The van der Waals surface area contributed by atoms with Crippen molar-refractivity contribution in [1.29, 1.82) is 0 Å². The lowest BCUT2D eigenvalue weighted by atomic mass is 10.1. The summed E-state index contributed by atoms with van der Waals surface area (Å²) in [5.74, 6) is -1.40. The van der Waals surface area contributed by atoms with E-state index in [0.29, 0.717) is 11.4 Å². The average molecular weight is 271 g/mol. The minimum Gasteiger partial charge on any atom is -0.478 e. The molecule has 0 spiro atoms. The van der Waals surface area contributed by atoms with Gasteiger partial charge in [-0.15, -0.1) is 0 Å². The first-order chi connectivity index (χ1) is 8.40. The minimum absolute atomic E-state index is 0.00791. The minimum atomic E-state index is -1.12. The summed E-state index contributed by atoms with van der Waals surface area (Å²) in [6, 6.07) is 4.15. The van der Waals surface area contributed by atoms with Crippen LogP contribution in [0.3, 0.4) is 0 Å². The molecule has 1 amide bonds. The predicted octanol–water partition coefficient (Wildman–Crippen LogP) is 2.10. The van der Waals surface area contributed by atoms with Crippen LogP contribution in [-0.2, 0) is 4.79 Å². The molecule has 5 nitrogen and oxygen atoms in total. The molecule has 0 aliphatic heterocycles. The summed E-state index contributed by atoms with van der Waals surface area (Å²) in [5.41, 5.74) is 5.75. The molecule has 0 aromatic heterocycles. The van der Waals surface area contributed by atoms with Crippen molar-refractivity contribution in [3.8, 4) is 0 Å². The summed E-state index contributed by atoms with van der Waals surface area (Å²) in [6.45, 7) is 1.80. The molecule has 0 fully saturated rings. The molecule has 6 heteroatoms. The van der Waals surface area contributed by atoms with Crippen LogP contribution < -0.4 is 11.1 Å². The van der Waals surface area contributed by atoms with Crippen LogP contribution in [0, 0.1) is 0 Å². The molecular weight excluding hydrogens is 256 g/mol. The molecule has 4 N–H and O–H groups in total. The van der Waals surface area contributed by atoms with Gasteiger partial charge in [0.1, 0.15) is 0 Å². The zero-order chi connectivity index (χ0) is 13.7. The lowest BCUT2D eigenvalue weighted by Crippen LogP contribution is -2.20. The molecule has 1 aromatic carbocycles. The number of halogens is 1. The fraction of sp³-hybridized carbons (Fsp3) is 0.333. The highest BCUT2D eigenvalue weighted by Gasteiger charge is 2.13. The highest BCUT2D eigenvalue weighted by molar-refractivity contribution is 6.31. The first kappa shape index (κ1) is 14.5. The standard InChI is InChI=1S/C12H15ClN2O3/c1-7(14)2-5-11(16)15-10-6-8(13)3-4-9(10)12(17)18/h3-4,6-7H,2,5,14H2,1H3,(H,15,16)(H,17,18). The summed E-state index contributed by atoms with van der Waals surface area (Å²) < 4.78 is 0. The van der Waals surface area contributed by atoms with Crippen LogP contribution >= 0.6 is 11.6 Å². The number of carboxylic acid groups (broad SMARTS) is 1. The van der Waals surface area contributed by atoms with Crippen LogP contribution in [0.5, 0.6) is 0 Å². The summed E-state index contributed by atoms with van der Waals surface area (Å²) in [5, 5.41) is 11.9. The van der Waals surface area contributed by atoms with Gasteiger partial charge in [-0.25, -0.2) is 4.79 Å². The monoisotopic (exact) mass is 270 g/mol. The van der Waals surface area contributed by atoms with E-state index in [-0.39, 0.29) is 29.6 Å². The zero-order valence-electron chi connectivity index (χ0n) is 9.94. The van der Waals surface area contributed by atoms with Crippen molar-refractivity contribution in [1.82, 2.24) is 0 Å². The van der Waals surface area contributed by atoms with Crippen molar-refractivity contribution in [3.05, 3.63) is 28.8 Å². The highest BCUT2D eigenvalue weighted by Crippen LogP contribution is 2.21. The van der Waals surface area contributed by atoms with E-state index in [4.69, 9.17) is 22.4 Å². The Kier molecular flexibility index (Phi) is 5.12. The number of carbonyl (C=O) groups is 2. The maximum absolute atomic E-state index is 11.6. The van der Waals surface area contributed by atoms with Gasteiger partial charge in [0.25, 0.3) is 0 Å². The van der Waals surface area contributed by atoms with E-state index in [1.807, 2.05) is 0 Å². The first-order valence-corrected chi connectivity index (χ1v) is 5.86. The third kappa shape index (κ3) is 4.35. The summed E-state index contributed by atoms with van der Waals surface area (Å²) in [6.07, 6.45) is 0.776. The van der Waals surface area contributed by atoms with Gasteiger partial charge in [-0.05, 0) is 31.5 Å². The Hall–Kier alpha value is -1.59. The molecule has 0 aliphatic carbocycles. The van der Waals surface area contributed by atoms with E-state index < -0.39 is 5.97 Å². The van der Waals surface area contributed by atoms with Crippen molar-refractivity contribution in [2.75, 3.05) is 5.32 Å². The van der Waals surface area contributed by atoms with Gasteiger partial charge in [0, 0.05) is 17.5 Å². The zero-order valence-corrected chi connectivity index (χ0v) is 10.7. The SMILES string of the molecule is CC(N)CCC(=O)Nc1cc(Cl)ccc1C(=O)O. The van der Waals surface area contributed by atoms with E-state index >= 15 is 0 Å². The Morgan fingerprint density at radius 2 is 2.17 bits per heavy atom.